The van der Waals surface area contributed by atoms with E-state index >= 15 is 0 Å². The molecule has 1 saturated heterocycles. The molecule has 156 valence electrons. The summed E-state index contributed by atoms with van der Waals surface area (Å²) in [5.74, 6) is -0.391. The Morgan fingerprint density at radius 2 is 1.90 bits per heavy atom. The first kappa shape index (κ1) is 21.6. The molecule has 0 radical (unpaired) electrons. The molecule has 30 heavy (non-hydrogen) atoms. The topological polar surface area (TPSA) is 84.9 Å². The Morgan fingerprint density at radius 1 is 1.13 bits per heavy atom. The monoisotopic (exact) mass is 472 g/mol. The number of nitrogens with zero attached hydrogens (tertiary/aromatic N) is 1. The molecule has 3 rings (SSSR count). The van der Waals surface area contributed by atoms with Crippen LogP contribution in [0.15, 0.2) is 46.4 Å². The summed E-state index contributed by atoms with van der Waals surface area (Å²) in [6.07, 6.45) is 2.22. The molecule has 4 amide bonds. The van der Waals surface area contributed by atoms with Crippen molar-refractivity contribution in [2.45, 2.75) is 20.3 Å². The molecular formula is C22H21BrN2O5. The van der Waals surface area contributed by atoms with E-state index in [0.29, 0.717) is 34.9 Å². The second-order valence-corrected chi connectivity index (χ2v) is 7.56. The zero-order valence-electron chi connectivity index (χ0n) is 16.8. The number of hydrogen-bond donors (Lipinski definition) is 1. The van der Waals surface area contributed by atoms with E-state index < -0.39 is 17.8 Å². The summed E-state index contributed by atoms with van der Waals surface area (Å²) < 4.78 is 11.8. The number of rotatable bonds is 6. The number of benzene rings is 2. The molecule has 0 bridgehead atoms. The predicted molar refractivity (Wildman–Crippen MR) is 117 cm³/mol. The van der Waals surface area contributed by atoms with E-state index in [0.717, 1.165) is 15.8 Å². The maximum absolute atomic E-state index is 13.1. The normalized spacial score (nSPS) is 15.4. The molecule has 0 aromatic heterocycles. The van der Waals surface area contributed by atoms with E-state index in [4.69, 9.17) is 9.47 Å². The molecule has 1 aliphatic rings. The number of carbonyl (C=O) groups is 3. The number of nitrogens with one attached hydrogen (secondary N) is 1. The molecule has 1 fully saturated rings. The van der Waals surface area contributed by atoms with Gasteiger partial charge in [0.1, 0.15) is 17.1 Å². The molecule has 2 aromatic rings. The largest absolute Gasteiger partial charge is 0.497 e. The second kappa shape index (κ2) is 9.13. The van der Waals surface area contributed by atoms with E-state index in [2.05, 4.69) is 21.2 Å². The molecule has 0 atom stereocenters. The van der Waals surface area contributed by atoms with Crippen LogP contribution in [-0.2, 0) is 9.59 Å². The number of imide groups is 2. The third-order valence-corrected chi connectivity index (χ3v) is 4.98. The third kappa shape index (κ3) is 4.38. The van der Waals surface area contributed by atoms with Crippen LogP contribution < -0.4 is 19.7 Å². The molecule has 2 aromatic carbocycles. The number of ether oxygens (including phenoxy) is 2. The van der Waals surface area contributed by atoms with Gasteiger partial charge in [0.2, 0.25) is 0 Å². The van der Waals surface area contributed by atoms with Crippen LogP contribution in [0.2, 0.25) is 0 Å². The summed E-state index contributed by atoms with van der Waals surface area (Å²) in [5, 5.41) is 2.24. The smallest absolute Gasteiger partial charge is 0.335 e. The Balaban J connectivity index is 2.04. The van der Waals surface area contributed by atoms with Crippen molar-refractivity contribution in [2.75, 3.05) is 18.6 Å². The molecule has 7 nitrogen and oxygen atoms in total. The van der Waals surface area contributed by atoms with Crippen LogP contribution >= 0.6 is 15.9 Å². The summed E-state index contributed by atoms with van der Waals surface area (Å²) >= 11 is 3.36. The number of barbiturate groups is 1. The van der Waals surface area contributed by atoms with Crippen molar-refractivity contribution in [2.24, 2.45) is 0 Å². The molecule has 0 aliphatic carbocycles. The van der Waals surface area contributed by atoms with Crippen molar-refractivity contribution < 1.29 is 23.9 Å². The summed E-state index contributed by atoms with van der Waals surface area (Å²) in [7, 11) is 1.54. The Kier molecular flexibility index (Phi) is 6.56. The quantitative estimate of drug-likeness (QED) is 0.502. The lowest BCUT2D eigenvalue weighted by atomic mass is 10.0. The van der Waals surface area contributed by atoms with Crippen molar-refractivity contribution in [1.82, 2.24) is 5.32 Å². The van der Waals surface area contributed by atoms with Crippen LogP contribution in [0.25, 0.3) is 6.08 Å². The van der Waals surface area contributed by atoms with Gasteiger partial charge in [-0.2, -0.15) is 0 Å². The zero-order valence-corrected chi connectivity index (χ0v) is 18.4. The minimum Gasteiger partial charge on any atom is -0.497 e. The molecule has 0 saturated carbocycles. The number of halogens is 1. The summed E-state index contributed by atoms with van der Waals surface area (Å²) in [6, 6.07) is 9.47. The predicted octanol–water partition coefficient (Wildman–Crippen LogP) is 4.22. The first-order valence-electron chi connectivity index (χ1n) is 9.34. The summed E-state index contributed by atoms with van der Waals surface area (Å²) in [5.41, 5.74) is 1.47. The molecule has 8 heteroatoms. The molecule has 0 spiro atoms. The Morgan fingerprint density at radius 3 is 2.57 bits per heavy atom. The Hall–Kier alpha value is -3.13. The van der Waals surface area contributed by atoms with Crippen LogP contribution in [0.1, 0.15) is 24.5 Å². The van der Waals surface area contributed by atoms with Crippen molar-refractivity contribution in [3.8, 4) is 11.5 Å². The average molecular weight is 473 g/mol. The SMILES string of the molecule is CCCOc1cc(OC)ccc1/C=C1/C(=O)NC(=O)N(c2ccc(Br)cc2C)C1=O. The van der Waals surface area contributed by atoms with Gasteiger partial charge in [-0.1, -0.05) is 22.9 Å². The number of carbonyl (C=O) groups excluding carboxylic acids is 3. The lowest BCUT2D eigenvalue weighted by molar-refractivity contribution is -0.122. The highest BCUT2D eigenvalue weighted by molar-refractivity contribution is 9.10. The van der Waals surface area contributed by atoms with Crippen molar-refractivity contribution >= 4 is 45.5 Å². The minimum atomic E-state index is -0.787. The van der Waals surface area contributed by atoms with Gasteiger partial charge in [0, 0.05) is 16.1 Å². The second-order valence-electron chi connectivity index (χ2n) is 6.64. The maximum atomic E-state index is 13.1. The van der Waals surface area contributed by atoms with Crippen LogP contribution in [0.3, 0.4) is 0 Å². The van der Waals surface area contributed by atoms with Gasteiger partial charge >= 0.3 is 6.03 Å². The minimum absolute atomic E-state index is 0.163. The average Bonchev–Trinajstić information content (AvgIpc) is 2.71. The fraction of sp³-hybridized carbons (Fsp3) is 0.227. The Labute approximate surface area is 182 Å². The van der Waals surface area contributed by atoms with Crippen molar-refractivity contribution in [3.05, 3.63) is 57.6 Å². The van der Waals surface area contributed by atoms with Crippen molar-refractivity contribution in [1.29, 1.82) is 0 Å². The zero-order chi connectivity index (χ0) is 21.8. The summed E-state index contributed by atoms with van der Waals surface area (Å²) in [4.78, 5) is 39.0. The first-order chi connectivity index (χ1) is 14.3. The van der Waals surface area contributed by atoms with E-state index in [-0.39, 0.29) is 5.57 Å². The third-order valence-electron chi connectivity index (χ3n) is 4.48. The van der Waals surface area contributed by atoms with Gasteiger partial charge in [-0.15, -0.1) is 0 Å². The number of amides is 4. The van der Waals surface area contributed by atoms with E-state index in [9.17, 15) is 14.4 Å². The Bertz CT molecular complexity index is 1050. The lowest BCUT2D eigenvalue weighted by Gasteiger charge is -2.27. The highest BCUT2D eigenvalue weighted by Crippen LogP contribution is 2.30. The summed E-state index contributed by atoms with van der Waals surface area (Å²) in [6.45, 7) is 4.22. The van der Waals surface area contributed by atoms with Gasteiger partial charge in [-0.05, 0) is 55.3 Å². The van der Waals surface area contributed by atoms with Crippen molar-refractivity contribution in [3.63, 3.8) is 0 Å². The van der Waals surface area contributed by atoms with Gasteiger partial charge in [0.25, 0.3) is 11.8 Å². The van der Waals surface area contributed by atoms with E-state index in [1.807, 2.05) is 6.92 Å². The molecule has 1 aliphatic heterocycles. The van der Waals surface area contributed by atoms with Crippen LogP contribution in [0, 0.1) is 6.92 Å². The van der Waals surface area contributed by atoms with Gasteiger partial charge < -0.3 is 9.47 Å². The standard InChI is InChI=1S/C22H21BrN2O5/c1-4-9-30-19-12-16(29-3)7-5-14(19)11-17-20(26)24-22(28)25(21(17)27)18-8-6-15(23)10-13(18)2/h5-8,10-12H,4,9H2,1-3H3,(H,24,26,28)/b17-11-. The van der Waals surface area contributed by atoms with Crippen LogP contribution in [0.5, 0.6) is 11.5 Å². The van der Waals surface area contributed by atoms with E-state index in [1.54, 1.807) is 50.4 Å². The van der Waals surface area contributed by atoms with Crippen LogP contribution in [0.4, 0.5) is 10.5 Å². The fourth-order valence-electron chi connectivity index (χ4n) is 3.00. The molecular weight excluding hydrogens is 452 g/mol. The molecule has 1 N–H and O–H groups in total. The lowest BCUT2D eigenvalue weighted by Crippen LogP contribution is -2.54. The van der Waals surface area contributed by atoms with Crippen LogP contribution in [-0.4, -0.2) is 31.6 Å². The number of anilines is 1. The maximum Gasteiger partial charge on any atom is 0.335 e. The highest BCUT2D eigenvalue weighted by atomic mass is 79.9. The number of methoxy groups -OCH3 is 1. The van der Waals surface area contributed by atoms with E-state index in [1.165, 1.54) is 6.08 Å². The fourth-order valence-corrected chi connectivity index (χ4v) is 3.47. The highest BCUT2D eigenvalue weighted by Gasteiger charge is 2.37. The number of urea groups is 1. The molecule has 0 unspecified atom stereocenters. The van der Waals surface area contributed by atoms with Gasteiger partial charge in [0.15, 0.2) is 0 Å². The van der Waals surface area contributed by atoms with Gasteiger partial charge in [-0.3, -0.25) is 14.9 Å². The molecule has 1 heterocycles. The number of aryl methyl sites for hydroxylation is 1. The number of hydrogen-bond acceptors (Lipinski definition) is 5. The van der Waals surface area contributed by atoms with Gasteiger partial charge in [-0.25, -0.2) is 9.69 Å². The first-order valence-corrected chi connectivity index (χ1v) is 10.1. The van der Waals surface area contributed by atoms with Gasteiger partial charge in [0.05, 0.1) is 19.4 Å².